The molecule has 0 saturated carbocycles. The third-order valence-electron chi connectivity index (χ3n) is 7.18. The van der Waals surface area contributed by atoms with Crippen molar-refractivity contribution in [1.82, 2.24) is 5.06 Å². The predicted octanol–water partition coefficient (Wildman–Crippen LogP) is 3.30. The van der Waals surface area contributed by atoms with E-state index in [4.69, 9.17) is 28.2 Å². The van der Waals surface area contributed by atoms with Crippen molar-refractivity contribution in [3.8, 4) is 0 Å². The summed E-state index contributed by atoms with van der Waals surface area (Å²) >= 11 is 0. The normalized spacial score (nSPS) is 31.5. The molecule has 5 atom stereocenters. The van der Waals surface area contributed by atoms with Gasteiger partial charge in [0.15, 0.2) is 14.6 Å². The SMILES string of the molecule is COC1(OC)[C@@H](O)CON(Cc2ccccc2)[C@@H]1[C@H]1O[C@@H](C)OC[C@H]1O[Si](C)(C)C(C)(C)C. The van der Waals surface area contributed by atoms with Gasteiger partial charge in [0.25, 0.3) is 0 Å². The molecule has 1 aromatic carbocycles. The molecular weight excluding hydrogens is 442 g/mol. The van der Waals surface area contributed by atoms with E-state index >= 15 is 0 Å². The number of ether oxygens (including phenoxy) is 4. The highest BCUT2D eigenvalue weighted by Crippen LogP contribution is 2.42. The van der Waals surface area contributed by atoms with Gasteiger partial charge in [0, 0.05) is 20.8 Å². The fraction of sp³-hybridized carbons (Fsp3) is 0.750. The summed E-state index contributed by atoms with van der Waals surface area (Å²) in [7, 11) is 0.917. The Hall–Kier alpha value is -0.883. The van der Waals surface area contributed by atoms with Crippen LogP contribution >= 0.6 is 0 Å². The van der Waals surface area contributed by atoms with Crippen LogP contribution in [0.25, 0.3) is 0 Å². The Morgan fingerprint density at radius 2 is 1.76 bits per heavy atom. The Labute approximate surface area is 199 Å². The lowest BCUT2D eigenvalue weighted by molar-refractivity contribution is -0.409. The monoisotopic (exact) mass is 483 g/mol. The number of rotatable bonds is 7. The van der Waals surface area contributed by atoms with Crippen molar-refractivity contribution in [2.24, 2.45) is 0 Å². The van der Waals surface area contributed by atoms with Gasteiger partial charge in [0.1, 0.15) is 18.2 Å². The first-order valence-corrected chi connectivity index (χ1v) is 14.5. The predicted molar refractivity (Wildman–Crippen MR) is 127 cm³/mol. The van der Waals surface area contributed by atoms with Crippen molar-refractivity contribution in [3.05, 3.63) is 35.9 Å². The van der Waals surface area contributed by atoms with Crippen LogP contribution in [0.2, 0.25) is 18.1 Å². The van der Waals surface area contributed by atoms with Gasteiger partial charge in [-0.25, -0.2) is 0 Å². The van der Waals surface area contributed by atoms with Gasteiger partial charge in [-0.05, 0) is 30.6 Å². The third-order valence-corrected chi connectivity index (χ3v) is 11.7. The van der Waals surface area contributed by atoms with Crippen LogP contribution in [0.1, 0.15) is 33.3 Å². The van der Waals surface area contributed by atoms with Crippen molar-refractivity contribution in [2.75, 3.05) is 27.4 Å². The highest BCUT2D eigenvalue weighted by atomic mass is 28.4. The van der Waals surface area contributed by atoms with Crippen LogP contribution in [-0.4, -0.2) is 82.4 Å². The Morgan fingerprint density at radius 1 is 1.12 bits per heavy atom. The number of hydrogen-bond acceptors (Lipinski definition) is 8. The molecule has 0 bridgehead atoms. The Balaban J connectivity index is 2.02. The number of hydrogen-bond donors (Lipinski definition) is 1. The van der Waals surface area contributed by atoms with E-state index in [1.165, 1.54) is 14.2 Å². The molecule has 2 aliphatic heterocycles. The standard InChI is InChI=1S/C24H41NO7Si/c1-17-29-15-19(32-33(7,8)23(2,3)4)21(31-17)22-24(27-5,28-6)20(26)16-30-25(22)14-18-12-10-9-11-13-18/h9-13,17,19-22,26H,14-16H2,1-8H3/t17-,19+,20-,21-,22+/m0/s1. The molecule has 2 heterocycles. The average Bonchev–Trinajstić information content (AvgIpc) is 2.76. The van der Waals surface area contributed by atoms with E-state index in [9.17, 15) is 5.11 Å². The van der Waals surface area contributed by atoms with Crippen molar-refractivity contribution >= 4 is 8.32 Å². The summed E-state index contributed by atoms with van der Waals surface area (Å²) in [5.41, 5.74) is 1.06. The number of nitrogens with zero attached hydrogens (tertiary/aromatic N) is 1. The van der Waals surface area contributed by atoms with Crippen LogP contribution in [0.3, 0.4) is 0 Å². The van der Waals surface area contributed by atoms with Gasteiger partial charge in [0.2, 0.25) is 5.79 Å². The van der Waals surface area contributed by atoms with Crippen molar-refractivity contribution in [1.29, 1.82) is 0 Å². The summed E-state index contributed by atoms with van der Waals surface area (Å²) in [5, 5.41) is 12.8. The second kappa shape index (κ2) is 10.4. The molecule has 2 aliphatic rings. The molecule has 2 fully saturated rings. The van der Waals surface area contributed by atoms with Gasteiger partial charge >= 0.3 is 0 Å². The number of methoxy groups -OCH3 is 2. The zero-order valence-electron chi connectivity index (χ0n) is 21.2. The molecule has 0 radical (unpaired) electrons. The molecule has 0 aliphatic carbocycles. The molecule has 0 spiro atoms. The zero-order chi connectivity index (χ0) is 24.4. The smallest absolute Gasteiger partial charge is 0.217 e. The van der Waals surface area contributed by atoms with Crippen LogP contribution in [0.4, 0.5) is 0 Å². The Morgan fingerprint density at radius 3 is 2.33 bits per heavy atom. The zero-order valence-corrected chi connectivity index (χ0v) is 22.2. The first-order chi connectivity index (χ1) is 15.4. The lowest BCUT2D eigenvalue weighted by atomic mass is 9.90. The highest BCUT2D eigenvalue weighted by Gasteiger charge is 2.60. The van der Waals surface area contributed by atoms with Gasteiger partial charge in [-0.3, -0.25) is 4.84 Å². The van der Waals surface area contributed by atoms with Crippen molar-refractivity contribution < 1.29 is 33.3 Å². The quantitative estimate of drug-likeness (QED) is 0.468. The molecule has 188 valence electrons. The van der Waals surface area contributed by atoms with Crippen LogP contribution in [-0.2, 0) is 34.8 Å². The van der Waals surface area contributed by atoms with E-state index in [1.807, 2.05) is 37.3 Å². The topological polar surface area (TPSA) is 78.9 Å². The molecule has 3 rings (SSSR count). The van der Waals surface area contributed by atoms with Crippen LogP contribution < -0.4 is 0 Å². The fourth-order valence-electron chi connectivity index (χ4n) is 4.27. The lowest BCUT2D eigenvalue weighted by Crippen LogP contribution is -2.73. The van der Waals surface area contributed by atoms with Gasteiger partial charge in [-0.15, -0.1) is 0 Å². The summed E-state index contributed by atoms with van der Waals surface area (Å²) in [5.74, 6) is -1.37. The summed E-state index contributed by atoms with van der Waals surface area (Å²) in [6.45, 7) is 13.7. The van der Waals surface area contributed by atoms with E-state index in [0.29, 0.717) is 13.2 Å². The summed E-state index contributed by atoms with van der Waals surface area (Å²) < 4.78 is 30.8. The maximum absolute atomic E-state index is 11.0. The van der Waals surface area contributed by atoms with Crippen molar-refractivity contribution in [3.63, 3.8) is 0 Å². The van der Waals surface area contributed by atoms with E-state index in [2.05, 4.69) is 33.9 Å². The number of aliphatic hydroxyl groups is 1. The number of hydroxylamine groups is 2. The minimum absolute atomic E-state index is 0.00647. The second-order valence-corrected chi connectivity index (χ2v) is 15.1. The molecule has 9 heteroatoms. The van der Waals surface area contributed by atoms with Gasteiger partial charge in [-0.1, -0.05) is 51.1 Å². The molecule has 33 heavy (non-hydrogen) atoms. The second-order valence-electron chi connectivity index (χ2n) is 10.4. The van der Waals surface area contributed by atoms with E-state index in [-0.39, 0.29) is 17.7 Å². The van der Waals surface area contributed by atoms with E-state index in [0.717, 1.165) is 5.56 Å². The molecule has 0 aromatic heterocycles. The van der Waals surface area contributed by atoms with Gasteiger partial charge in [-0.2, -0.15) is 5.06 Å². The van der Waals surface area contributed by atoms with Crippen LogP contribution in [0, 0.1) is 0 Å². The molecule has 2 saturated heterocycles. The highest BCUT2D eigenvalue weighted by molar-refractivity contribution is 6.74. The first kappa shape index (κ1) is 26.7. The largest absolute Gasteiger partial charge is 0.409 e. The third kappa shape index (κ3) is 5.52. The molecular formula is C24H41NO7Si. The minimum Gasteiger partial charge on any atom is -0.409 e. The summed E-state index contributed by atoms with van der Waals surface area (Å²) in [6.07, 6.45) is -2.37. The Bertz CT molecular complexity index is 753. The van der Waals surface area contributed by atoms with E-state index < -0.39 is 38.6 Å². The minimum atomic E-state index is -2.16. The molecule has 0 unspecified atom stereocenters. The summed E-state index contributed by atoms with van der Waals surface area (Å²) in [4.78, 5) is 6.06. The maximum atomic E-state index is 11.0. The lowest BCUT2D eigenvalue weighted by Gasteiger charge is -2.55. The average molecular weight is 484 g/mol. The molecule has 1 N–H and O–H groups in total. The van der Waals surface area contributed by atoms with Gasteiger partial charge < -0.3 is 28.5 Å². The summed E-state index contributed by atoms with van der Waals surface area (Å²) in [6, 6.07) is 9.40. The number of benzene rings is 1. The van der Waals surface area contributed by atoms with Gasteiger partial charge in [0.05, 0.1) is 19.3 Å². The van der Waals surface area contributed by atoms with Crippen LogP contribution in [0.5, 0.6) is 0 Å². The fourth-order valence-corrected chi connectivity index (χ4v) is 5.58. The molecule has 0 amide bonds. The van der Waals surface area contributed by atoms with Crippen LogP contribution in [0.15, 0.2) is 30.3 Å². The molecule has 1 aromatic rings. The Kier molecular flexibility index (Phi) is 8.41. The van der Waals surface area contributed by atoms with E-state index in [1.54, 1.807) is 5.06 Å². The number of aliphatic hydroxyl groups excluding tert-OH is 1. The first-order valence-electron chi connectivity index (χ1n) is 11.6. The van der Waals surface area contributed by atoms with Crippen molar-refractivity contribution in [2.45, 2.75) is 88.8 Å². The molecule has 8 nitrogen and oxygen atoms in total. The maximum Gasteiger partial charge on any atom is 0.217 e.